The van der Waals surface area contributed by atoms with Crippen LogP contribution < -0.4 is 23.7 Å². The van der Waals surface area contributed by atoms with Crippen molar-refractivity contribution in [2.24, 2.45) is 0 Å². The molecule has 2 saturated heterocycles. The molecule has 5 rings (SSSR count). The summed E-state index contributed by atoms with van der Waals surface area (Å²) in [6, 6.07) is 23.7. The molecule has 1 atom stereocenters. The highest BCUT2D eigenvalue weighted by Gasteiger charge is 2.68. The fourth-order valence-corrected chi connectivity index (χ4v) is 8.25. The predicted molar refractivity (Wildman–Crippen MR) is 137 cm³/mol. The van der Waals surface area contributed by atoms with Gasteiger partial charge in [-0.15, -0.1) is 0 Å². The maximum atomic E-state index is 13.7. The van der Waals surface area contributed by atoms with Gasteiger partial charge in [0, 0.05) is 0 Å². The summed E-state index contributed by atoms with van der Waals surface area (Å²) in [6.45, 7) is 1.01. The van der Waals surface area contributed by atoms with E-state index in [9.17, 15) is 14.5 Å². The van der Waals surface area contributed by atoms with Crippen molar-refractivity contribution in [2.75, 3.05) is 41.5 Å². The average Bonchev–Trinajstić information content (AvgIpc) is 3.41. The van der Waals surface area contributed by atoms with Gasteiger partial charge in [-0.25, -0.2) is 19.1 Å². The lowest BCUT2D eigenvalue weighted by Gasteiger charge is -2.34. The molecule has 35 heavy (non-hydrogen) atoms. The second-order valence-electron chi connectivity index (χ2n) is 8.38. The van der Waals surface area contributed by atoms with Gasteiger partial charge in [0.05, 0.1) is 50.8 Å². The molecule has 0 bridgehead atoms. The number of imide groups is 1. The van der Waals surface area contributed by atoms with Crippen LogP contribution >= 0.6 is 7.79 Å². The second kappa shape index (κ2) is 9.21. The van der Waals surface area contributed by atoms with Crippen LogP contribution in [0.4, 0.5) is 17.1 Å². The summed E-state index contributed by atoms with van der Waals surface area (Å²) in [6.07, 6.45) is -0.0582. The van der Waals surface area contributed by atoms with Crippen molar-refractivity contribution in [1.29, 1.82) is 0 Å². The molecule has 1 N–H and O–H groups in total. The first-order valence-corrected chi connectivity index (χ1v) is 13.1. The SMILES string of the molecule is COc1ccc(N2CCN(c3ccc(OC)cc3)[P+]2(O)C2CC(=O)N(c3ccccc3)C2=O)cc1. The average molecular weight is 492 g/mol. The minimum atomic E-state index is -3.36. The minimum Gasteiger partial charge on any atom is -0.497 e. The summed E-state index contributed by atoms with van der Waals surface area (Å²) in [4.78, 5) is 40.6. The highest BCUT2D eigenvalue weighted by atomic mass is 31.2. The third-order valence-corrected chi connectivity index (χ3v) is 10.1. The highest BCUT2D eigenvalue weighted by molar-refractivity contribution is 7.75. The number of carbonyl (C=O) groups is 2. The lowest BCUT2D eigenvalue weighted by atomic mass is 10.3. The normalized spacial score (nSPS) is 19.4. The molecular formula is C26H27N3O5P+. The van der Waals surface area contributed by atoms with E-state index < -0.39 is 13.4 Å². The minimum absolute atomic E-state index is 0.0582. The van der Waals surface area contributed by atoms with Gasteiger partial charge in [-0.05, 0) is 60.7 Å². The molecule has 2 aliphatic rings. The first-order chi connectivity index (χ1) is 17.0. The van der Waals surface area contributed by atoms with Crippen LogP contribution in [-0.2, 0) is 9.59 Å². The maximum absolute atomic E-state index is 13.7. The van der Waals surface area contributed by atoms with E-state index in [0.29, 0.717) is 30.3 Å². The van der Waals surface area contributed by atoms with Crippen LogP contribution in [0.2, 0.25) is 0 Å². The molecular weight excluding hydrogens is 465 g/mol. The summed E-state index contributed by atoms with van der Waals surface area (Å²) in [5.74, 6) is 0.709. The maximum Gasteiger partial charge on any atom is 0.344 e. The molecule has 0 radical (unpaired) electrons. The van der Waals surface area contributed by atoms with Crippen LogP contribution in [0.15, 0.2) is 78.9 Å². The molecule has 8 nitrogen and oxygen atoms in total. The zero-order valence-corrected chi connectivity index (χ0v) is 20.5. The number of carbonyl (C=O) groups excluding carboxylic acids is 2. The Morgan fingerprint density at radius 1 is 0.743 bits per heavy atom. The molecule has 2 heterocycles. The Hall–Kier alpha value is -3.61. The van der Waals surface area contributed by atoms with E-state index in [2.05, 4.69) is 0 Å². The lowest BCUT2D eigenvalue weighted by Crippen LogP contribution is -2.39. The van der Waals surface area contributed by atoms with Gasteiger partial charge >= 0.3 is 7.79 Å². The van der Waals surface area contributed by atoms with Gasteiger partial charge in [-0.1, -0.05) is 18.2 Å². The van der Waals surface area contributed by atoms with Crippen LogP contribution in [0.3, 0.4) is 0 Å². The van der Waals surface area contributed by atoms with E-state index in [4.69, 9.17) is 9.47 Å². The molecule has 0 aliphatic carbocycles. The topological polar surface area (TPSA) is 82.6 Å². The van der Waals surface area contributed by atoms with Crippen LogP contribution in [0, 0.1) is 0 Å². The monoisotopic (exact) mass is 492 g/mol. The van der Waals surface area contributed by atoms with Crippen LogP contribution in [0.25, 0.3) is 0 Å². The van der Waals surface area contributed by atoms with Crippen LogP contribution in [0.1, 0.15) is 6.42 Å². The molecule has 2 fully saturated rings. The van der Waals surface area contributed by atoms with E-state index >= 15 is 0 Å². The quantitative estimate of drug-likeness (QED) is 0.410. The van der Waals surface area contributed by atoms with E-state index in [1.807, 2.05) is 63.9 Å². The highest BCUT2D eigenvalue weighted by Crippen LogP contribution is 2.71. The Morgan fingerprint density at radius 2 is 1.23 bits per heavy atom. The molecule has 0 saturated carbocycles. The first kappa shape index (κ1) is 23.1. The van der Waals surface area contributed by atoms with Crippen molar-refractivity contribution < 1.29 is 24.0 Å². The Kier molecular flexibility index (Phi) is 6.09. The van der Waals surface area contributed by atoms with E-state index in [1.165, 1.54) is 4.90 Å². The van der Waals surface area contributed by atoms with E-state index in [-0.39, 0.29) is 18.2 Å². The third-order valence-electron chi connectivity index (χ3n) is 6.53. The summed E-state index contributed by atoms with van der Waals surface area (Å²) in [7, 11) is -0.162. The summed E-state index contributed by atoms with van der Waals surface area (Å²) in [5, 5.41) is 0. The van der Waals surface area contributed by atoms with Crippen molar-refractivity contribution >= 4 is 36.7 Å². The van der Waals surface area contributed by atoms with Crippen molar-refractivity contribution in [3.8, 4) is 11.5 Å². The number of ether oxygens (including phenoxy) is 2. The van der Waals surface area contributed by atoms with Gasteiger partial charge < -0.3 is 9.47 Å². The molecule has 3 aromatic carbocycles. The van der Waals surface area contributed by atoms with Gasteiger partial charge in [0.2, 0.25) is 11.6 Å². The fourth-order valence-electron chi connectivity index (χ4n) is 4.79. The van der Waals surface area contributed by atoms with Gasteiger partial charge in [-0.2, -0.15) is 0 Å². The number of benzene rings is 3. The largest absolute Gasteiger partial charge is 0.497 e. The Balaban J connectivity index is 1.58. The first-order valence-electron chi connectivity index (χ1n) is 11.3. The standard InChI is InChI=1S/C26H27N3O5P/c1-33-22-12-8-19(9-13-22)27-16-17-28(20-10-14-23(34-2)15-11-20)35(27,32)24-18-25(30)29(26(24)31)21-6-4-3-5-7-21/h3-15,24,32H,16-18H2,1-2H3/q+1. The van der Waals surface area contributed by atoms with Crippen LogP contribution in [0.5, 0.6) is 11.5 Å². The molecule has 180 valence electrons. The number of methoxy groups -OCH3 is 2. The molecule has 0 spiro atoms. The molecule has 2 aliphatic heterocycles. The number of hydrogen-bond acceptors (Lipinski definition) is 7. The van der Waals surface area contributed by atoms with Crippen molar-refractivity contribution in [3.63, 3.8) is 0 Å². The number of amides is 2. The molecule has 0 aromatic heterocycles. The number of nitrogens with zero attached hydrogens (tertiary/aromatic N) is 3. The third kappa shape index (κ3) is 3.89. The summed E-state index contributed by atoms with van der Waals surface area (Å²) >= 11 is 0. The van der Waals surface area contributed by atoms with Crippen LogP contribution in [-0.4, -0.2) is 49.7 Å². The number of hydrogen-bond donors (Lipinski definition) is 1. The number of para-hydroxylation sites is 1. The fraction of sp³-hybridized carbons (Fsp3) is 0.231. The molecule has 1 unspecified atom stereocenters. The zero-order chi connectivity index (χ0) is 24.6. The Bertz CT molecular complexity index is 1160. The Morgan fingerprint density at radius 3 is 1.69 bits per heavy atom. The van der Waals surface area contributed by atoms with Crippen molar-refractivity contribution in [1.82, 2.24) is 0 Å². The summed E-state index contributed by atoms with van der Waals surface area (Å²) in [5.41, 5.74) is 1.18. The zero-order valence-electron chi connectivity index (χ0n) is 19.6. The molecule has 9 heteroatoms. The summed E-state index contributed by atoms with van der Waals surface area (Å²) < 4.78 is 14.4. The van der Waals surface area contributed by atoms with E-state index in [0.717, 1.165) is 11.4 Å². The van der Waals surface area contributed by atoms with Crippen molar-refractivity contribution in [3.05, 3.63) is 78.9 Å². The number of anilines is 3. The Labute approximate surface area is 204 Å². The second-order valence-corrected chi connectivity index (χ2v) is 11.2. The lowest BCUT2D eigenvalue weighted by molar-refractivity contribution is -0.121. The smallest absolute Gasteiger partial charge is 0.344 e. The van der Waals surface area contributed by atoms with Gasteiger partial charge in [-0.3, -0.25) is 9.59 Å². The van der Waals surface area contributed by atoms with Gasteiger partial charge in [0.15, 0.2) is 0 Å². The van der Waals surface area contributed by atoms with Crippen molar-refractivity contribution in [2.45, 2.75) is 12.1 Å². The molecule has 3 aromatic rings. The molecule has 2 amide bonds. The van der Waals surface area contributed by atoms with Gasteiger partial charge in [0.25, 0.3) is 5.91 Å². The number of rotatable bonds is 6. The van der Waals surface area contributed by atoms with Gasteiger partial charge in [0.1, 0.15) is 11.5 Å². The predicted octanol–water partition coefficient (Wildman–Crippen LogP) is 4.12. The van der Waals surface area contributed by atoms with E-state index in [1.54, 1.807) is 38.5 Å².